The van der Waals surface area contributed by atoms with Crippen LogP contribution in [0.4, 0.5) is 0 Å². The summed E-state index contributed by atoms with van der Waals surface area (Å²) in [6.45, 7) is 3.40. The predicted molar refractivity (Wildman–Crippen MR) is 59.9 cm³/mol. The van der Waals surface area contributed by atoms with Crippen LogP contribution in [0, 0.1) is 0 Å². The van der Waals surface area contributed by atoms with Gasteiger partial charge in [0.2, 0.25) is 0 Å². The van der Waals surface area contributed by atoms with E-state index in [-0.39, 0.29) is 15.0 Å². The van der Waals surface area contributed by atoms with Gasteiger partial charge in [0.25, 0.3) is 0 Å². The average molecular weight is 208 g/mol. The van der Waals surface area contributed by atoms with Crippen LogP contribution in [0.2, 0.25) is 0 Å². The molecule has 0 radical (unpaired) electrons. The Bertz CT molecular complexity index is 96.7. The second kappa shape index (κ2) is 12.3. The van der Waals surface area contributed by atoms with Crippen molar-refractivity contribution in [3.8, 4) is 0 Å². The van der Waals surface area contributed by atoms with E-state index in [1.165, 1.54) is 0 Å². The van der Waals surface area contributed by atoms with Crippen molar-refractivity contribution in [3.63, 3.8) is 0 Å². The van der Waals surface area contributed by atoms with E-state index in [4.69, 9.17) is 14.8 Å². The summed E-state index contributed by atoms with van der Waals surface area (Å²) in [4.78, 5) is 0. The number of hydrogen-bond donors (Lipinski definition) is 2. The summed E-state index contributed by atoms with van der Waals surface area (Å²) >= 11 is 1.81. The van der Waals surface area contributed by atoms with Gasteiger partial charge in [-0.05, 0) is 5.75 Å². The summed E-state index contributed by atoms with van der Waals surface area (Å²) in [6.07, 6.45) is 0. The van der Waals surface area contributed by atoms with Gasteiger partial charge in [-0.2, -0.15) is 11.8 Å². The standard InChI is InChI=1S/C6H15BO4S.BH3/c1-2-12-6-5-10-3-4-11-7(8)9;/h8-9H,2-6H2,1H3;1H3. The van der Waals surface area contributed by atoms with Gasteiger partial charge >= 0.3 is 7.32 Å². The molecule has 0 amide bonds. The zero-order chi connectivity index (χ0) is 9.23. The van der Waals surface area contributed by atoms with Crippen LogP contribution in [0.1, 0.15) is 6.92 Å². The molecule has 0 aromatic heterocycles. The van der Waals surface area contributed by atoms with Gasteiger partial charge in [-0.15, -0.1) is 0 Å². The number of hydrogen-bond acceptors (Lipinski definition) is 5. The van der Waals surface area contributed by atoms with Gasteiger partial charge in [-0.3, -0.25) is 0 Å². The van der Waals surface area contributed by atoms with Gasteiger partial charge in [-0.1, -0.05) is 6.92 Å². The van der Waals surface area contributed by atoms with Crippen molar-refractivity contribution in [2.45, 2.75) is 6.92 Å². The lowest BCUT2D eigenvalue weighted by Crippen LogP contribution is -2.20. The van der Waals surface area contributed by atoms with Gasteiger partial charge in [0.15, 0.2) is 0 Å². The Kier molecular flexibility index (Phi) is 15.0. The molecule has 0 saturated carbocycles. The van der Waals surface area contributed by atoms with Crippen LogP contribution in [0.3, 0.4) is 0 Å². The van der Waals surface area contributed by atoms with Gasteiger partial charge in [0.05, 0.1) is 28.2 Å². The normalized spacial score (nSPS) is 9.46. The van der Waals surface area contributed by atoms with Crippen molar-refractivity contribution in [2.24, 2.45) is 0 Å². The van der Waals surface area contributed by atoms with Gasteiger partial charge in [-0.25, -0.2) is 0 Å². The van der Waals surface area contributed by atoms with E-state index in [1.54, 1.807) is 0 Å². The van der Waals surface area contributed by atoms with Crippen molar-refractivity contribution in [3.05, 3.63) is 0 Å². The van der Waals surface area contributed by atoms with E-state index in [0.29, 0.717) is 13.2 Å². The maximum atomic E-state index is 8.27. The van der Waals surface area contributed by atoms with Crippen molar-refractivity contribution in [1.82, 2.24) is 0 Å². The van der Waals surface area contributed by atoms with Crippen molar-refractivity contribution < 1.29 is 19.4 Å². The predicted octanol–water partition coefficient (Wildman–Crippen LogP) is -1.44. The SMILES string of the molecule is B.CCSCCOCCOB(O)O. The van der Waals surface area contributed by atoms with E-state index in [9.17, 15) is 0 Å². The molecule has 0 spiro atoms. The second-order valence-electron chi connectivity index (χ2n) is 2.01. The molecule has 0 atom stereocenters. The molecule has 0 aromatic carbocycles. The highest BCUT2D eigenvalue weighted by molar-refractivity contribution is 7.99. The Balaban J connectivity index is 0. The van der Waals surface area contributed by atoms with Crippen LogP contribution in [-0.4, -0.2) is 57.1 Å². The summed E-state index contributed by atoms with van der Waals surface area (Å²) in [5.74, 6) is 2.06. The van der Waals surface area contributed by atoms with Crippen molar-refractivity contribution in [2.75, 3.05) is 31.3 Å². The molecule has 0 aliphatic heterocycles. The largest absolute Gasteiger partial charge is 0.633 e. The highest BCUT2D eigenvalue weighted by Gasteiger charge is 2.06. The van der Waals surface area contributed by atoms with Gasteiger partial charge < -0.3 is 19.4 Å². The van der Waals surface area contributed by atoms with Crippen LogP contribution in [0.5, 0.6) is 0 Å². The molecule has 0 aromatic rings. The van der Waals surface area contributed by atoms with Crippen LogP contribution in [0.15, 0.2) is 0 Å². The molecule has 0 fully saturated rings. The molecule has 7 heteroatoms. The molecule has 2 N–H and O–H groups in total. The first kappa shape index (κ1) is 15.8. The Labute approximate surface area is 85.8 Å². The Morgan fingerprint density at radius 2 is 1.92 bits per heavy atom. The summed E-state index contributed by atoms with van der Waals surface area (Å²) < 4.78 is 9.55. The van der Waals surface area contributed by atoms with Crippen LogP contribution < -0.4 is 0 Å². The quantitative estimate of drug-likeness (QED) is 0.377. The average Bonchev–Trinajstić information content (AvgIpc) is 2.02. The summed E-state index contributed by atoms with van der Waals surface area (Å²) in [7, 11) is -1.68. The molecule has 0 rings (SSSR count). The molecular formula is C6H18B2O4S. The highest BCUT2D eigenvalue weighted by atomic mass is 32.2. The van der Waals surface area contributed by atoms with E-state index >= 15 is 0 Å². The monoisotopic (exact) mass is 208 g/mol. The van der Waals surface area contributed by atoms with Crippen LogP contribution in [0.25, 0.3) is 0 Å². The van der Waals surface area contributed by atoms with Crippen molar-refractivity contribution >= 4 is 27.5 Å². The fraction of sp³-hybridized carbons (Fsp3) is 1.00. The first-order valence-electron chi connectivity index (χ1n) is 3.90. The lowest BCUT2D eigenvalue weighted by molar-refractivity contribution is 0.0879. The fourth-order valence-corrected chi connectivity index (χ4v) is 1.10. The van der Waals surface area contributed by atoms with E-state index in [0.717, 1.165) is 11.5 Å². The van der Waals surface area contributed by atoms with Crippen LogP contribution in [-0.2, 0) is 9.39 Å². The molecule has 0 unspecified atom stereocenters. The molecular weight excluding hydrogens is 190 g/mol. The maximum absolute atomic E-state index is 8.27. The number of ether oxygens (including phenoxy) is 1. The highest BCUT2D eigenvalue weighted by Crippen LogP contribution is 1.96. The number of thioether (sulfide) groups is 1. The van der Waals surface area contributed by atoms with Crippen LogP contribution >= 0.6 is 11.8 Å². The summed E-state index contributed by atoms with van der Waals surface area (Å²) in [5.41, 5.74) is 0. The molecule has 4 nitrogen and oxygen atoms in total. The Hall–Kier alpha value is 0.320. The first-order valence-corrected chi connectivity index (χ1v) is 5.06. The molecule has 0 aliphatic rings. The summed E-state index contributed by atoms with van der Waals surface area (Å²) in [5, 5.41) is 16.5. The minimum absolute atomic E-state index is 0. The van der Waals surface area contributed by atoms with E-state index < -0.39 is 7.32 Å². The molecule has 13 heavy (non-hydrogen) atoms. The molecule has 0 saturated heterocycles. The Morgan fingerprint density at radius 3 is 2.46 bits per heavy atom. The zero-order valence-corrected chi connectivity index (χ0v) is 8.05. The molecule has 0 heterocycles. The molecule has 78 valence electrons. The van der Waals surface area contributed by atoms with E-state index in [1.807, 2.05) is 11.8 Å². The maximum Gasteiger partial charge on any atom is 0.633 e. The Morgan fingerprint density at radius 1 is 1.23 bits per heavy atom. The number of rotatable bonds is 8. The minimum Gasteiger partial charge on any atom is -0.402 e. The smallest absolute Gasteiger partial charge is 0.402 e. The third kappa shape index (κ3) is 15.1. The van der Waals surface area contributed by atoms with E-state index in [2.05, 4.69) is 11.6 Å². The van der Waals surface area contributed by atoms with Gasteiger partial charge in [0.1, 0.15) is 0 Å². The first-order chi connectivity index (χ1) is 5.77. The van der Waals surface area contributed by atoms with Crippen molar-refractivity contribution in [1.29, 1.82) is 0 Å². The third-order valence-electron chi connectivity index (χ3n) is 1.07. The lowest BCUT2D eigenvalue weighted by atomic mass is 10.3. The molecule has 0 bridgehead atoms. The fourth-order valence-electron chi connectivity index (χ4n) is 0.577. The molecule has 0 aliphatic carbocycles. The minimum atomic E-state index is -1.68. The topological polar surface area (TPSA) is 58.9 Å². The second-order valence-corrected chi connectivity index (χ2v) is 3.40. The van der Waals surface area contributed by atoms with Gasteiger partial charge in [0, 0.05) is 5.75 Å². The summed E-state index contributed by atoms with van der Waals surface area (Å²) in [6, 6.07) is 0. The third-order valence-corrected chi connectivity index (χ3v) is 1.93. The zero-order valence-electron chi connectivity index (χ0n) is 7.23. The lowest BCUT2D eigenvalue weighted by Gasteiger charge is -2.03.